The fourth-order valence-corrected chi connectivity index (χ4v) is 3.24. The quantitative estimate of drug-likeness (QED) is 0.784. The fourth-order valence-electron chi connectivity index (χ4n) is 3.24. The molecule has 0 N–H and O–H groups in total. The summed E-state index contributed by atoms with van der Waals surface area (Å²) >= 11 is 0. The molecule has 1 atom stereocenters. The highest BCUT2D eigenvalue weighted by Crippen LogP contribution is 2.23. The molecule has 1 aromatic carbocycles. The molecule has 0 aromatic heterocycles. The zero-order chi connectivity index (χ0) is 20.0. The average molecular weight is 376 g/mol. The van der Waals surface area contributed by atoms with Crippen LogP contribution in [0.2, 0.25) is 0 Å². The van der Waals surface area contributed by atoms with Crippen LogP contribution in [-0.2, 0) is 16.1 Å². The second-order valence-electron chi connectivity index (χ2n) is 7.89. The number of ether oxygens (including phenoxy) is 2. The smallest absolute Gasteiger partial charge is 0.410 e. The summed E-state index contributed by atoms with van der Waals surface area (Å²) in [6.45, 7) is 9.14. The van der Waals surface area contributed by atoms with Crippen LogP contribution in [0.25, 0.3) is 0 Å². The predicted molar refractivity (Wildman–Crippen MR) is 105 cm³/mol. The molecule has 1 heterocycles. The van der Waals surface area contributed by atoms with Crippen molar-refractivity contribution < 1.29 is 19.1 Å². The Hall–Kier alpha value is -2.24. The Balaban J connectivity index is 2.11. The van der Waals surface area contributed by atoms with Crippen LogP contribution in [0.5, 0.6) is 5.75 Å². The number of nitrogens with zero attached hydrogens (tertiary/aromatic N) is 2. The molecule has 6 heteroatoms. The van der Waals surface area contributed by atoms with E-state index >= 15 is 0 Å². The highest BCUT2D eigenvalue weighted by molar-refractivity contribution is 5.86. The molecular weight excluding hydrogens is 344 g/mol. The Bertz CT molecular complexity index is 637. The summed E-state index contributed by atoms with van der Waals surface area (Å²) in [7, 11) is 1.63. The third-order valence-electron chi connectivity index (χ3n) is 4.64. The zero-order valence-corrected chi connectivity index (χ0v) is 17.2. The van der Waals surface area contributed by atoms with Gasteiger partial charge in [0.05, 0.1) is 7.11 Å². The van der Waals surface area contributed by atoms with E-state index in [0.29, 0.717) is 26.1 Å². The van der Waals surface area contributed by atoms with E-state index in [1.807, 2.05) is 52.0 Å². The van der Waals surface area contributed by atoms with Gasteiger partial charge < -0.3 is 14.4 Å². The van der Waals surface area contributed by atoms with Crippen LogP contribution in [0.1, 0.15) is 52.5 Å². The normalized spacial score (nSPS) is 17.4. The molecule has 0 bridgehead atoms. The lowest BCUT2D eigenvalue weighted by atomic mass is 10.0. The molecule has 0 unspecified atom stereocenters. The van der Waals surface area contributed by atoms with Crippen molar-refractivity contribution in [3.8, 4) is 5.75 Å². The van der Waals surface area contributed by atoms with E-state index in [1.54, 1.807) is 16.9 Å². The van der Waals surface area contributed by atoms with E-state index < -0.39 is 17.7 Å². The Labute approximate surface area is 162 Å². The van der Waals surface area contributed by atoms with E-state index in [4.69, 9.17) is 9.47 Å². The Morgan fingerprint density at radius 2 is 1.85 bits per heavy atom. The van der Waals surface area contributed by atoms with Gasteiger partial charge in [0.25, 0.3) is 0 Å². The van der Waals surface area contributed by atoms with Crippen molar-refractivity contribution >= 4 is 12.0 Å². The first-order valence-electron chi connectivity index (χ1n) is 9.66. The summed E-state index contributed by atoms with van der Waals surface area (Å²) in [5.74, 6) is 0.774. The number of carbonyl (C=O) groups excluding carboxylic acids is 2. The highest BCUT2D eigenvalue weighted by Gasteiger charge is 2.36. The number of rotatable bonds is 5. The third-order valence-corrected chi connectivity index (χ3v) is 4.64. The first-order valence-corrected chi connectivity index (χ1v) is 9.66. The number of hydrogen-bond acceptors (Lipinski definition) is 4. The fraction of sp³-hybridized carbons (Fsp3) is 0.619. The molecule has 0 radical (unpaired) electrons. The molecule has 1 aliphatic heterocycles. The van der Waals surface area contributed by atoms with Gasteiger partial charge in [-0.2, -0.15) is 0 Å². The second-order valence-corrected chi connectivity index (χ2v) is 7.89. The third kappa shape index (κ3) is 5.88. The van der Waals surface area contributed by atoms with E-state index in [2.05, 4.69) is 0 Å². The van der Waals surface area contributed by atoms with Crippen LogP contribution in [-0.4, -0.2) is 53.6 Å². The maximum Gasteiger partial charge on any atom is 0.410 e. The first kappa shape index (κ1) is 21.1. The van der Waals surface area contributed by atoms with Crippen molar-refractivity contribution in [2.45, 2.75) is 65.1 Å². The van der Waals surface area contributed by atoms with Crippen molar-refractivity contribution in [3.63, 3.8) is 0 Å². The van der Waals surface area contributed by atoms with Crippen LogP contribution < -0.4 is 4.74 Å². The average Bonchev–Trinajstić information content (AvgIpc) is 2.64. The predicted octanol–water partition coefficient (Wildman–Crippen LogP) is 3.83. The van der Waals surface area contributed by atoms with Gasteiger partial charge in [0.2, 0.25) is 5.91 Å². The van der Waals surface area contributed by atoms with Crippen LogP contribution in [0.15, 0.2) is 24.3 Å². The van der Waals surface area contributed by atoms with Gasteiger partial charge >= 0.3 is 6.09 Å². The van der Waals surface area contributed by atoms with Gasteiger partial charge in [0.15, 0.2) is 0 Å². The van der Waals surface area contributed by atoms with Crippen molar-refractivity contribution in [2.24, 2.45) is 0 Å². The minimum Gasteiger partial charge on any atom is -0.497 e. The molecule has 1 aromatic rings. The molecule has 1 aliphatic rings. The standard InChI is InChI=1S/C21H32N2O4/c1-6-22(15-16-10-12-17(26-5)13-11-16)19(24)18-9-7-8-14-23(18)20(25)27-21(2,3)4/h10-13,18H,6-9,14-15H2,1-5H3/t18-/m1/s1. The summed E-state index contributed by atoms with van der Waals surface area (Å²) < 4.78 is 10.7. The zero-order valence-electron chi connectivity index (χ0n) is 17.2. The molecule has 27 heavy (non-hydrogen) atoms. The van der Waals surface area contributed by atoms with Crippen LogP contribution in [0.4, 0.5) is 4.79 Å². The maximum absolute atomic E-state index is 13.2. The molecule has 2 amide bonds. The second kappa shape index (κ2) is 9.11. The van der Waals surface area contributed by atoms with Gasteiger partial charge in [-0.1, -0.05) is 12.1 Å². The van der Waals surface area contributed by atoms with E-state index in [-0.39, 0.29) is 5.91 Å². The van der Waals surface area contributed by atoms with Gasteiger partial charge in [-0.25, -0.2) is 4.79 Å². The number of benzene rings is 1. The molecule has 1 fully saturated rings. The SMILES string of the molecule is CCN(Cc1ccc(OC)cc1)C(=O)[C@H]1CCCCN1C(=O)OC(C)(C)C. The molecular formula is C21H32N2O4. The summed E-state index contributed by atoms with van der Waals surface area (Å²) in [5.41, 5.74) is 0.459. The molecule has 0 spiro atoms. The van der Waals surface area contributed by atoms with E-state index in [1.165, 1.54) is 0 Å². The minimum absolute atomic E-state index is 0.0149. The number of hydrogen-bond donors (Lipinski definition) is 0. The monoisotopic (exact) mass is 376 g/mol. The molecule has 1 saturated heterocycles. The van der Waals surface area contributed by atoms with Gasteiger partial charge in [0, 0.05) is 19.6 Å². The van der Waals surface area contributed by atoms with Gasteiger partial charge in [-0.05, 0) is 64.7 Å². The lowest BCUT2D eigenvalue weighted by molar-refractivity contribution is -0.138. The molecule has 6 nitrogen and oxygen atoms in total. The number of likely N-dealkylation sites (N-methyl/N-ethyl adjacent to an activating group) is 1. The van der Waals surface area contributed by atoms with Crippen molar-refractivity contribution in [1.82, 2.24) is 9.80 Å². The lowest BCUT2D eigenvalue weighted by Crippen LogP contribution is -2.53. The van der Waals surface area contributed by atoms with Crippen molar-refractivity contribution in [1.29, 1.82) is 0 Å². The highest BCUT2D eigenvalue weighted by atomic mass is 16.6. The van der Waals surface area contributed by atoms with Crippen molar-refractivity contribution in [2.75, 3.05) is 20.2 Å². The van der Waals surface area contributed by atoms with Crippen molar-refractivity contribution in [3.05, 3.63) is 29.8 Å². The number of methoxy groups -OCH3 is 1. The number of likely N-dealkylation sites (tertiary alicyclic amines) is 1. The Morgan fingerprint density at radius 1 is 1.19 bits per heavy atom. The number of piperidine rings is 1. The molecule has 150 valence electrons. The molecule has 2 rings (SSSR count). The summed E-state index contributed by atoms with van der Waals surface area (Å²) in [6, 6.07) is 7.25. The van der Waals surface area contributed by atoms with Crippen LogP contribution in [0, 0.1) is 0 Å². The number of carbonyl (C=O) groups is 2. The molecule has 0 saturated carbocycles. The van der Waals surface area contributed by atoms with E-state index in [9.17, 15) is 9.59 Å². The van der Waals surface area contributed by atoms with Gasteiger partial charge in [0.1, 0.15) is 17.4 Å². The van der Waals surface area contributed by atoms with Crippen LogP contribution in [0.3, 0.4) is 0 Å². The summed E-state index contributed by atoms with van der Waals surface area (Å²) in [5, 5.41) is 0. The summed E-state index contributed by atoms with van der Waals surface area (Å²) in [6.07, 6.45) is 2.11. The number of amides is 2. The van der Waals surface area contributed by atoms with E-state index in [0.717, 1.165) is 24.2 Å². The topological polar surface area (TPSA) is 59.1 Å². The Morgan fingerprint density at radius 3 is 2.41 bits per heavy atom. The first-order chi connectivity index (χ1) is 12.7. The molecule has 0 aliphatic carbocycles. The van der Waals surface area contributed by atoms with Crippen LogP contribution >= 0.6 is 0 Å². The minimum atomic E-state index is -0.574. The summed E-state index contributed by atoms with van der Waals surface area (Å²) in [4.78, 5) is 29.2. The Kier molecular flexibility index (Phi) is 7.11. The van der Waals surface area contributed by atoms with Gasteiger partial charge in [-0.3, -0.25) is 9.69 Å². The maximum atomic E-state index is 13.2. The van der Waals surface area contributed by atoms with Gasteiger partial charge in [-0.15, -0.1) is 0 Å². The lowest BCUT2D eigenvalue weighted by Gasteiger charge is -2.38. The largest absolute Gasteiger partial charge is 0.497 e.